The first-order valence-corrected chi connectivity index (χ1v) is 11.0. The van der Waals surface area contributed by atoms with Gasteiger partial charge in [0.1, 0.15) is 5.75 Å². The molecule has 4 nitrogen and oxygen atoms in total. The Labute approximate surface area is 175 Å². The zero-order valence-electron chi connectivity index (χ0n) is 17.3. The predicted octanol–water partition coefficient (Wildman–Crippen LogP) is 5.37. The molecule has 5 heteroatoms. The molecule has 0 aliphatic rings. The molecule has 3 aromatic rings. The highest BCUT2D eigenvalue weighted by Gasteiger charge is 2.32. The number of para-hydroxylation sites is 1. The molecule has 1 heterocycles. The van der Waals surface area contributed by atoms with Crippen molar-refractivity contribution in [1.82, 2.24) is 4.68 Å². The second-order valence-electron chi connectivity index (χ2n) is 6.86. The Morgan fingerprint density at radius 3 is 2.38 bits per heavy atom. The van der Waals surface area contributed by atoms with Crippen molar-refractivity contribution in [3.63, 3.8) is 0 Å². The van der Waals surface area contributed by atoms with Crippen molar-refractivity contribution in [3.05, 3.63) is 84.2 Å². The zero-order chi connectivity index (χ0) is 20.5. The zero-order valence-corrected chi connectivity index (χ0v) is 18.3. The van der Waals surface area contributed by atoms with Gasteiger partial charge in [-0.3, -0.25) is 0 Å². The Hall–Kier alpha value is -2.42. The molecule has 1 aromatic heterocycles. The van der Waals surface area contributed by atoms with E-state index in [0.717, 1.165) is 24.2 Å². The quantitative estimate of drug-likeness (QED) is 0.257. The first-order valence-electron chi connectivity index (χ1n) is 9.98. The highest BCUT2D eigenvalue weighted by Crippen LogP contribution is 2.50. The molecule has 0 saturated carbocycles. The summed E-state index contributed by atoms with van der Waals surface area (Å²) in [5.41, 5.74) is 2.40. The summed E-state index contributed by atoms with van der Waals surface area (Å²) in [6.07, 6.45) is 7.88. The van der Waals surface area contributed by atoms with E-state index in [1.807, 2.05) is 47.5 Å². The molecule has 0 aliphatic carbocycles. The lowest BCUT2D eigenvalue weighted by molar-refractivity contribution is 0.0499. The minimum absolute atomic E-state index is 0.00171. The summed E-state index contributed by atoms with van der Waals surface area (Å²) in [6, 6.07) is 20.8. The fourth-order valence-electron chi connectivity index (χ4n) is 3.50. The molecule has 3 rings (SSSR count). The third kappa shape index (κ3) is 5.14. The van der Waals surface area contributed by atoms with E-state index in [0.29, 0.717) is 8.58 Å². The van der Waals surface area contributed by atoms with Gasteiger partial charge < -0.3 is 9.47 Å². The van der Waals surface area contributed by atoms with Crippen LogP contribution in [0.4, 0.5) is 0 Å². The topological polar surface area (TPSA) is 35.8 Å². The van der Waals surface area contributed by atoms with Crippen LogP contribution in [0.5, 0.6) is 5.75 Å². The minimum atomic E-state index is 0.00171. The largest absolute Gasteiger partial charge is 0.467 e. The molecule has 2 aromatic carbocycles. The molecule has 0 amide bonds. The molecule has 0 N–H and O–H groups in total. The van der Waals surface area contributed by atoms with Crippen molar-refractivity contribution >= 4 is 20.1 Å². The van der Waals surface area contributed by atoms with Crippen molar-refractivity contribution in [1.29, 1.82) is 0 Å². The van der Waals surface area contributed by atoms with Gasteiger partial charge in [-0.2, -0.15) is 5.10 Å². The van der Waals surface area contributed by atoms with Crippen LogP contribution in [0.15, 0.2) is 78.2 Å². The van der Waals surface area contributed by atoms with Gasteiger partial charge in [-0.15, -0.1) is 0 Å². The normalized spacial score (nSPS) is 12.2. The van der Waals surface area contributed by atoms with E-state index in [1.165, 1.54) is 10.9 Å². The molecule has 0 fully saturated rings. The van der Waals surface area contributed by atoms with Crippen LogP contribution >= 0.6 is 8.58 Å². The molecule has 1 atom stereocenters. The molecule has 1 unspecified atom stereocenters. The molecule has 0 spiro atoms. The lowest BCUT2D eigenvalue weighted by Gasteiger charge is -2.34. The molecule has 0 bridgehead atoms. The smallest absolute Gasteiger partial charge is 0.188 e. The average molecular weight is 408 g/mol. The molecular weight excluding hydrogens is 379 g/mol. The molecule has 0 aliphatic heterocycles. The van der Waals surface area contributed by atoms with Crippen molar-refractivity contribution in [2.45, 2.75) is 31.8 Å². The standard InChI is InChI=1S/C24H29N2O2P/c1-4-24(5-2,21-13-7-8-14-22(21)28-19-27-3)29-23-15-9-6-12-20(23)18-25-26-16-10-11-17-26/h6-18,29H,4-5,19H2,1-3H3/b25-18+. The Morgan fingerprint density at radius 1 is 0.966 bits per heavy atom. The number of benzene rings is 2. The van der Waals surface area contributed by atoms with Crippen molar-refractivity contribution in [2.75, 3.05) is 13.9 Å². The maximum atomic E-state index is 5.91. The lowest BCUT2D eigenvalue weighted by Crippen LogP contribution is -2.24. The van der Waals surface area contributed by atoms with Gasteiger partial charge in [0.15, 0.2) is 6.79 Å². The summed E-state index contributed by atoms with van der Waals surface area (Å²) >= 11 is 0. The van der Waals surface area contributed by atoms with Crippen LogP contribution < -0.4 is 10.0 Å². The van der Waals surface area contributed by atoms with E-state index in [2.05, 4.69) is 55.3 Å². The van der Waals surface area contributed by atoms with Crippen LogP contribution in [0.1, 0.15) is 37.8 Å². The molecule has 152 valence electrons. The van der Waals surface area contributed by atoms with Gasteiger partial charge >= 0.3 is 0 Å². The average Bonchev–Trinajstić information content (AvgIpc) is 3.29. The van der Waals surface area contributed by atoms with E-state index in [4.69, 9.17) is 9.47 Å². The first-order chi connectivity index (χ1) is 14.2. The number of hydrogen-bond acceptors (Lipinski definition) is 3. The SMILES string of the molecule is CCC(CC)(Pc1ccccc1/C=N/n1cccc1)c1ccccc1OCOC. The van der Waals surface area contributed by atoms with Gasteiger partial charge in [0.05, 0.1) is 6.21 Å². The van der Waals surface area contributed by atoms with E-state index >= 15 is 0 Å². The van der Waals surface area contributed by atoms with Gasteiger partial charge in [0, 0.05) is 35.8 Å². The summed E-state index contributed by atoms with van der Waals surface area (Å²) in [4.78, 5) is 0. The maximum absolute atomic E-state index is 5.91. The molecule has 0 radical (unpaired) electrons. The fraction of sp³-hybridized carbons (Fsp3) is 0.292. The van der Waals surface area contributed by atoms with Crippen LogP contribution in [0, 0.1) is 0 Å². The van der Waals surface area contributed by atoms with E-state index in [9.17, 15) is 0 Å². The van der Waals surface area contributed by atoms with Gasteiger partial charge in [0.25, 0.3) is 0 Å². The summed E-state index contributed by atoms with van der Waals surface area (Å²) in [5.74, 6) is 0.907. The summed E-state index contributed by atoms with van der Waals surface area (Å²) in [5, 5.41) is 5.88. The van der Waals surface area contributed by atoms with Crippen LogP contribution in [-0.2, 0) is 9.89 Å². The summed E-state index contributed by atoms with van der Waals surface area (Å²) < 4.78 is 12.9. The number of methoxy groups -OCH3 is 1. The van der Waals surface area contributed by atoms with Crippen molar-refractivity contribution in [3.8, 4) is 5.75 Å². The van der Waals surface area contributed by atoms with E-state index in [-0.39, 0.29) is 11.9 Å². The lowest BCUT2D eigenvalue weighted by atomic mass is 9.92. The molecule has 0 saturated heterocycles. The Kier molecular flexibility index (Phi) is 7.62. The Morgan fingerprint density at radius 2 is 1.66 bits per heavy atom. The summed E-state index contributed by atoms with van der Waals surface area (Å²) in [6.45, 7) is 4.78. The number of rotatable bonds is 10. The number of nitrogens with zero attached hydrogens (tertiary/aromatic N) is 2. The molecule has 29 heavy (non-hydrogen) atoms. The molecular formula is C24H29N2O2P. The van der Waals surface area contributed by atoms with Gasteiger partial charge in [-0.1, -0.05) is 64.9 Å². The number of hydrogen-bond donors (Lipinski definition) is 0. The monoisotopic (exact) mass is 408 g/mol. The minimum Gasteiger partial charge on any atom is -0.467 e. The van der Waals surface area contributed by atoms with E-state index < -0.39 is 0 Å². The van der Waals surface area contributed by atoms with Gasteiger partial charge in [-0.05, 0) is 36.3 Å². The van der Waals surface area contributed by atoms with Crippen LogP contribution in [0.2, 0.25) is 0 Å². The maximum Gasteiger partial charge on any atom is 0.188 e. The van der Waals surface area contributed by atoms with E-state index in [1.54, 1.807) is 7.11 Å². The summed E-state index contributed by atoms with van der Waals surface area (Å²) in [7, 11) is 2.25. The highest BCUT2D eigenvalue weighted by molar-refractivity contribution is 7.48. The van der Waals surface area contributed by atoms with Gasteiger partial charge in [-0.25, -0.2) is 4.68 Å². The van der Waals surface area contributed by atoms with Crippen LogP contribution in [-0.4, -0.2) is 24.8 Å². The van der Waals surface area contributed by atoms with Crippen LogP contribution in [0.3, 0.4) is 0 Å². The Balaban J connectivity index is 1.96. The van der Waals surface area contributed by atoms with Gasteiger partial charge in [0.2, 0.25) is 0 Å². The first kappa shape index (κ1) is 21.3. The van der Waals surface area contributed by atoms with Crippen molar-refractivity contribution < 1.29 is 9.47 Å². The number of aromatic nitrogens is 1. The Bertz CT molecular complexity index is 918. The second-order valence-corrected chi connectivity index (χ2v) is 8.60. The predicted molar refractivity (Wildman–Crippen MR) is 123 cm³/mol. The second kappa shape index (κ2) is 10.4. The van der Waals surface area contributed by atoms with Crippen LogP contribution in [0.25, 0.3) is 0 Å². The third-order valence-corrected chi connectivity index (χ3v) is 7.38. The van der Waals surface area contributed by atoms with Crippen molar-refractivity contribution in [2.24, 2.45) is 5.10 Å². The fourth-order valence-corrected chi connectivity index (χ4v) is 5.18. The third-order valence-electron chi connectivity index (χ3n) is 5.20. The highest BCUT2D eigenvalue weighted by atomic mass is 31.1. The number of ether oxygens (including phenoxy) is 2.